The van der Waals surface area contributed by atoms with Gasteiger partial charge in [-0.05, 0) is 17.5 Å². The molecule has 1 saturated carbocycles. The largest absolute Gasteiger partial charge is 0.496 e. The van der Waals surface area contributed by atoms with E-state index in [4.69, 9.17) is 9.47 Å². The van der Waals surface area contributed by atoms with Crippen molar-refractivity contribution in [2.45, 2.75) is 11.8 Å². The molecule has 0 heterocycles. The lowest BCUT2D eigenvalue weighted by Crippen LogP contribution is -2.25. The van der Waals surface area contributed by atoms with Gasteiger partial charge in [0, 0.05) is 23.1 Å². The minimum absolute atomic E-state index is 0.0755. The molecular weight excluding hydrogens is 422 g/mol. The van der Waals surface area contributed by atoms with Gasteiger partial charge in [0.2, 0.25) is 11.7 Å². The van der Waals surface area contributed by atoms with Crippen LogP contribution in [0.25, 0.3) is 0 Å². The average molecular weight is 445 g/mol. The number of hydrogen-bond acceptors (Lipinski definition) is 6. The summed E-state index contributed by atoms with van der Waals surface area (Å²) in [7, 11) is 2.78. The van der Waals surface area contributed by atoms with E-state index in [-0.39, 0.29) is 23.3 Å². The molecule has 4 rings (SSSR count). The molecule has 0 spiro atoms. The summed E-state index contributed by atoms with van der Waals surface area (Å²) in [6.07, 6.45) is 2.00. The molecule has 8 nitrogen and oxygen atoms in total. The zero-order chi connectivity index (χ0) is 23.4. The smallest absolute Gasteiger partial charge is 0.311 e. The van der Waals surface area contributed by atoms with Crippen LogP contribution in [0.4, 0.5) is 5.69 Å². The highest BCUT2D eigenvalue weighted by molar-refractivity contribution is 5.89. The fraction of sp³-hybridized carbons (Fsp3) is 0.200. The lowest BCUT2D eigenvalue weighted by molar-refractivity contribution is -0.385. The molecule has 0 radical (unpaired) electrons. The highest BCUT2D eigenvalue weighted by atomic mass is 16.6. The van der Waals surface area contributed by atoms with Crippen LogP contribution in [0, 0.1) is 16.0 Å². The Kier molecular flexibility index (Phi) is 6.08. The Morgan fingerprint density at radius 3 is 2.12 bits per heavy atom. The van der Waals surface area contributed by atoms with Gasteiger partial charge < -0.3 is 9.47 Å². The van der Waals surface area contributed by atoms with Crippen LogP contribution < -0.4 is 14.9 Å². The van der Waals surface area contributed by atoms with Gasteiger partial charge in [0.25, 0.3) is 0 Å². The van der Waals surface area contributed by atoms with Gasteiger partial charge in [-0.1, -0.05) is 60.7 Å². The topological polar surface area (TPSA) is 103 Å². The summed E-state index contributed by atoms with van der Waals surface area (Å²) in [5, 5.41) is 15.4. The number of nitrogens with one attached hydrogen (secondary N) is 1. The Balaban J connectivity index is 1.56. The molecule has 1 amide bonds. The Hall–Kier alpha value is -4.20. The number of amides is 1. The Labute approximate surface area is 191 Å². The number of hydrazone groups is 1. The number of ether oxygens (including phenoxy) is 2. The monoisotopic (exact) mass is 445 g/mol. The number of methoxy groups -OCH3 is 2. The van der Waals surface area contributed by atoms with E-state index in [0.717, 1.165) is 11.1 Å². The maximum absolute atomic E-state index is 13.0. The minimum atomic E-state index is -0.549. The van der Waals surface area contributed by atoms with E-state index in [9.17, 15) is 14.9 Å². The summed E-state index contributed by atoms with van der Waals surface area (Å²) in [5.41, 5.74) is 4.46. The third-order valence-corrected chi connectivity index (χ3v) is 5.96. The highest BCUT2D eigenvalue weighted by Gasteiger charge is 2.60. The Morgan fingerprint density at radius 1 is 1.03 bits per heavy atom. The molecular formula is C25H23N3O5. The quantitative estimate of drug-likeness (QED) is 0.320. The first kappa shape index (κ1) is 22.0. The van der Waals surface area contributed by atoms with Crippen molar-refractivity contribution in [2.24, 2.45) is 11.0 Å². The molecule has 1 N–H and O–H groups in total. The van der Waals surface area contributed by atoms with Crippen LogP contribution in [0.2, 0.25) is 0 Å². The number of rotatable bonds is 8. The van der Waals surface area contributed by atoms with E-state index in [0.29, 0.717) is 17.7 Å². The number of nitro benzene ring substituents is 1. The molecule has 1 fully saturated rings. The van der Waals surface area contributed by atoms with Crippen LogP contribution in [-0.4, -0.2) is 31.3 Å². The first-order valence-corrected chi connectivity index (χ1v) is 10.4. The molecule has 1 aliphatic rings. The van der Waals surface area contributed by atoms with E-state index in [1.807, 2.05) is 60.7 Å². The second kappa shape index (κ2) is 9.12. The van der Waals surface area contributed by atoms with E-state index in [1.165, 1.54) is 32.6 Å². The molecule has 0 bridgehead atoms. The van der Waals surface area contributed by atoms with Crippen molar-refractivity contribution in [3.63, 3.8) is 0 Å². The van der Waals surface area contributed by atoms with Crippen molar-refractivity contribution >= 4 is 17.8 Å². The van der Waals surface area contributed by atoms with Crippen molar-refractivity contribution in [3.8, 4) is 11.5 Å². The number of carbonyl (C=O) groups is 1. The fourth-order valence-electron chi connectivity index (χ4n) is 4.25. The van der Waals surface area contributed by atoms with Crippen molar-refractivity contribution in [2.75, 3.05) is 14.2 Å². The minimum Gasteiger partial charge on any atom is -0.496 e. The summed E-state index contributed by atoms with van der Waals surface area (Å²) >= 11 is 0. The number of hydrogen-bond donors (Lipinski definition) is 1. The van der Waals surface area contributed by atoms with Crippen LogP contribution in [0.15, 0.2) is 77.9 Å². The molecule has 3 aromatic rings. The molecule has 1 unspecified atom stereocenters. The van der Waals surface area contributed by atoms with Crippen LogP contribution in [-0.2, 0) is 10.2 Å². The van der Waals surface area contributed by atoms with Gasteiger partial charge >= 0.3 is 5.69 Å². The zero-order valence-electron chi connectivity index (χ0n) is 18.2. The molecule has 1 aliphatic carbocycles. The van der Waals surface area contributed by atoms with Crippen LogP contribution in [0.3, 0.4) is 0 Å². The van der Waals surface area contributed by atoms with Crippen molar-refractivity contribution in [1.29, 1.82) is 0 Å². The van der Waals surface area contributed by atoms with Crippen LogP contribution in [0.1, 0.15) is 23.1 Å². The SMILES string of the molecule is COc1cc(OC)c([N+](=O)[O-])cc1/C=N/NC(=O)C1CC1(c1ccccc1)c1ccccc1. The number of benzene rings is 3. The van der Waals surface area contributed by atoms with Crippen molar-refractivity contribution in [3.05, 3.63) is 99.6 Å². The zero-order valence-corrected chi connectivity index (χ0v) is 18.2. The van der Waals surface area contributed by atoms with E-state index in [1.54, 1.807) is 0 Å². The van der Waals surface area contributed by atoms with Gasteiger partial charge in [0.05, 0.1) is 31.3 Å². The van der Waals surface area contributed by atoms with Crippen LogP contribution in [0.5, 0.6) is 11.5 Å². The summed E-state index contributed by atoms with van der Waals surface area (Å²) in [6, 6.07) is 22.6. The summed E-state index contributed by atoms with van der Waals surface area (Å²) in [5.74, 6) is -0.0937. The lowest BCUT2D eigenvalue weighted by atomic mass is 9.85. The van der Waals surface area contributed by atoms with Crippen molar-refractivity contribution < 1.29 is 19.2 Å². The Bertz CT molecular complexity index is 1160. The van der Waals surface area contributed by atoms with Gasteiger partial charge in [0.15, 0.2) is 0 Å². The molecule has 1 atom stereocenters. The third-order valence-electron chi connectivity index (χ3n) is 5.96. The molecule has 33 heavy (non-hydrogen) atoms. The predicted octanol–water partition coefficient (Wildman–Crippen LogP) is 4.07. The number of carbonyl (C=O) groups excluding carboxylic acids is 1. The number of nitrogens with zero attached hydrogens (tertiary/aromatic N) is 2. The highest BCUT2D eigenvalue weighted by Crippen LogP contribution is 2.58. The standard InChI is InChI=1S/C25H23N3O5/c1-32-22-14-23(33-2)21(28(30)31)13-17(22)16-26-27-24(29)20-15-25(20,18-9-5-3-6-10-18)19-11-7-4-8-12-19/h3-14,16,20H,15H2,1-2H3,(H,27,29)/b26-16+. The normalized spacial score (nSPS) is 16.2. The molecule has 0 aliphatic heterocycles. The third kappa shape index (κ3) is 4.15. The van der Waals surface area contributed by atoms with Gasteiger partial charge in [0.1, 0.15) is 5.75 Å². The van der Waals surface area contributed by atoms with E-state index < -0.39 is 10.3 Å². The summed E-state index contributed by atoms with van der Waals surface area (Å²) in [6.45, 7) is 0. The fourth-order valence-corrected chi connectivity index (χ4v) is 4.25. The summed E-state index contributed by atoms with van der Waals surface area (Å²) in [4.78, 5) is 23.8. The molecule has 8 heteroatoms. The van der Waals surface area contributed by atoms with E-state index in [2.05, 4.69) is 10.5 Å². The van der Waals surface area contributed by atoms with Gasteiger partial charge in [-0.3, -0.25) is 14.9 Å². The number of nitro groups is 1. The lowest BCUT2D eigenvalue weighted by Gasteiger charge is -2.18. The first-order valence-electron chi connectivity index (χ1n) is 10.4. The maximum atomic E-state index is 13.0. The molecule has 168 valence electrons. The van der Waals surface area contributed by atoms with E-state index >= 15 is 0 Å². The van der Waals surface area contributed by atoms with Gasteiger partial charge in [-0.15, -0.1) is 0 Å². The van der Waals surface area contributed by atoms with Crippen LogP contribution >= 0.6 is 0 Å². The van der Waals surface area contributed by atoms with Gasteiger partial charge in [-0.2, -0.15) is 5.10 Å². The summed E-state index contributed by atoms with van der Waals surface area (Å²) < 4.78 is 10.3. The average Bonchev–Trinajstić information content (AvgIpc) is 3.62. The first-order chi connectivity index (χ1) is 16.0. The molecule has 3 aromatic carbocycles. The molecule has 0 saturated heterocycles. The predicted molar refractivity (Wildman–Crippen MR) is 124 cm³/mol. The maximum Gasteiger partial charge on any atom is 0.311 e. The second-order valence-corrected chi connectivity index (χ2v) is 7.72. The molecule has 0 aromatic heterocycles. The second-order valence-electron chi connectivity index (χ2n) is 7.72. The Morgan fingerprint density at radius 2 is 1.61 bits per heavy atom. The van der Waals surface area contributed by atoms with Gasteiger partial charge in [-0.25, -0.2) is 5.43 Å². The van der Waals surface area contributed by atoms with Crippen molar-refractivity contribution in [1.82, 2.24) is 5.43 Å².